The van der Waals surface area contributed by atoms with Gasteiger partial charge in [-0.3, -0.25) is 0 Å². The van der Waals surface area contributed by atoms with Gasteiger partial charge < -0.3 is 24.9 Å². The number of thiocarbonyl (C=S) groups is 1. The molecular weight excluding hydrogens is 468 g/mol. The lowest BCUT2D eigenvalue weighted by molar-refractivity contribution is 0.444. The van der Waals surface area contributed by atoms with Gasteiger partial charge >= 0.3 is 0 Å². The molecule has 0 aliphatic carbocycles. The molecule has 3 aromatic rings. The molecular formula is C28H36N6OS. The lowest BCUT2D eigenvalue weighted by atomic mass is 10.0. The first kappa shape index (κ1) is 24.6. The molecule has 1 aromatic carbocycles. The molecule has 0 amide bonds. The molecule has 1 atom stereocenters. The van der Waals surface area contributed by atoms with E-state index < -0.39 is 0 Å². The summed E-state index contributed by atoms with van der Waals surface area (Å²) in [6.07, 6.45) is 7.46. The van der Waals surface area contributed by atoms with Crippen LogP contribution in [0.3, 0.4) is 0 Å². The second kappa shape index (κ2) is 11.7. The van der Waals surface area contributed by atoms with Crippen molar-refractivity contribution in [3.8, 4) is 11.3 Å². The van der Waals surface area contributed by atoms with Crippen molar-refractivity contribution in [3.05, 3.63) is 54.3 Å². The van der Waals surface area contributed by atoms with Crippen LogP contribution in [-0.2, 0) is 6.54 Å². The second-order valence-corrected chi connectivity index (χ2v) is 10.4. The molecule has 190 valence electrons. The maximum absolute atomic E-state index is 5.99. The molecule has 36 heavy (non-hydrogen) atoms. The van der Waals surface area contributed by atoms with Crippen molar-refractivity contribution in [1.82, 2.24) is 15.3 Å². The summed E-state index contributed by atoms with van der Waals surface area (Å²) < 4.78 is 5.99. The molecule has 0 unspecified atom stereocenters. The molecule has 2 aliphatic heterocycles. The van der Waals surface area contributed by atoms with Crippen LogP contribution in [0, 0.1) is 5.92 Å². The molecule has 2 fully saturated rings. The molecule has 2 saturated heterocycles. The first-order valence-electron chi connectivity index (χ1n) is 13.2. The monoisotopic (exact) mass is 504 g/mol. The highest BCUT2D eigenvalue weighted by molar-refractivity contribution is 7.80. The Morgan fingerprint density at radius 2 is 1.67 bits per heavy atom. The highest BCUT2D eigenvalue weighted by Crippen LogP contribution is 2.27. The molecule has 7 nitrogen and oxygen atoms in total. The van der Waals surface area contributed by atoms with E-state index in [2.05, 4.69) is 33.4 Å². The fourth-order valence-corrected chi connectivity index (χ4v) is 5.21. The molecule has 0 spiro atoms. The Morgan fingerprint density at radius 1 is 0.944 bits per heavy atom. The molecule has 8 heteroatoms. The fraction of sp³-hybridized carbons (Fsp3) is 0.464. The van der Waals surface area contributed by atoms with Crippen LogP contribution in [0.2, 0.25) is 0 Å². The zero-order valence-electron chi connectivity index (χ0n) is 21.1. The molecule has 5 rings (SSSR count). The molecule has 0 radical (unpaired) electrons. The van der Waals surface area contributed by atoms with Crippen molar-refractivity contribution in [1.29, 1.82) is 0 Å². The predicted octanol–water partition coefficient (Wildman–Crippen LogP) is 5.84. The maximum Gasteiger partial charge on any atom is 0.232 e. The van der Waals surface area contributed by atoms with Gasteiger partial charge in [0.05, 0.1) is 6.54 Å². The van der Waals surface area contributed by atoms with Gasteiger partial charge in [-0.25, -0.2) is 0 Å². The summed E-state index contributed by atoms with van der Waals surface area (Å²) in [6, 6.07) is 16.2. The van der Waals surface area contributed by atoms with E-state index in [1.807, 2.05) is 42.5 Å². The quantitative estimate of drug-likeness (QED) is 0.406. The number of nitrogens with one attached hydrogen (secondary N) is 2. The number of anilines is 3. The lowest BCUT2D eigenvalue weighted by Crippen LogP contribution is -2.36. The highest BCUT2D eigenvalue weighted by Gasteiger charge is 2.21. The molecule has 0 bridgehead atoms. The molecule has 2 aliphatic rings. The number of benzene rings is 1. The fourth-order valence-electron chi connectivity index (χ4n) is 5.04. The predicted molar refractivity (Wildman–Crippen MR) is 151 cm³/mol. The smallest absolute Gasteiger partial charge is 0.232 e. The van der Waals surface area contributed by atoms with Gasteiger partial charge in [-0.15, -0.1) is 0 Å². The summed E-state index contributed by atoms with van der Waals surface area (Å²) in [5.74, 6) is 4.86. The van der Waals surface area contributed by atoms with E-state index in [1.54, 1.807) is 0 Å². The summed E-state index contributed by atoms with van der Waals surface area (Å²) in [5, 5.41) is 6.97. The van der Waals surface area contributed by atoms with Crippen molar-refractivity contribution in [3.63, 3.8) is 0 Å². The summed E-state index contributed by atoms with van der Waals surface area (Å²) >= 11 is 5.60. The average Bonchev–Trinajstić information content (AvgIpc) is 3.21. The minimum Gasteiger partial charge on any atom is -0.459 e. The van der Waals surface area contributed by atoms with Crippen molar-refractivity contribution >= 4 is 34.9 Å². The van der Waals surface area contributed by atoms with Gasteiger partial charge in [-0.2, -0.15) is 9.97 Å². The van der Waals surface area contributed by atoms with E-state index in [0.29, 0.717) is 23.5 Å². The minimum absolute atomic E-state index is 0.485. The maximum atomic E-state index is 5.99. The number of hydrogen-bond donors (Lipinski definition) is 2. The van der Waals surface area contributed by atoms with Crippen LogP contribution in [-0.4, -0.2) is 41.3 Å². The number of aromatic nitrogens is 2. The number of piperidine rings is 1. The number of rotatable bonds is 6. The molecule has 2 aromatic heterocycles. The zero-order chi connectivity index (χ0) is 24.7. The van der Waals surface area contributed by atoms with Gasteiger partial charge in [-0.05, 0) is 56.0 Å². The normalized spacial score (nSPS) is 18.5. The number of hydrogen-bond acceptors (Lipinski definition) is 6. The summed E-state index contributed by atoms with van der Waals surface area (Å²) in [6.45, 7) is 6.95. The first-order chi connectivity index (χ1) is 17.6. The van der Waals surface area contributed by atoms with Gasteiger partial charge in [0, 0.05) is 37.8 Å². The Morgan fingerprint density at radius 3 is 2.42 bits per heavy atom. The summed E-state index contributed by atoms with van der Waals surface area (Å²) in [4.78, 5) is 14.6. The molecule has 4 heterocycles. The number of furan rings is 1. The van der Waals surface area contributed by atoms with Gasteiger partial charge in [0.25, 0.3) is 0 Å². The minimum atomic E-state index is 0.485. The first-order valence-corrected chi connectivity index (χ1v) is 13.6. The Kier molecular flexibility index (Phi) is 8.01. The lowest BCUT2D eigenvalue weighted by Gasteiger charge is -2.33. The molecule has 0 saturated carbocycles. The third kappa shape index (κ3) is 6.35. The Labute approximate surface area is 219 Å². The van der Waals surface area contributed by atoms with E-state index in [9.17, 15) is 0 Å². The van der Waals surface area contributed by atoms with Gasteiger partial charge in [0.15, 0.2) is 5.11 Å². The van der Waals surface area contributed by atoms with Crippen LogP contribution in [0.25, 0.3) is 11.3 Å². The van der Waals surface area contributed by atoms with Crippen molar-refractivity contribution in [2.45, 2.75) is 52.0 Å². The van der Waals surface area contributed by atoms with Gasteiger partial charge in [0.1, 0.15) is 23.2 Å². The Hall–Kier alpha value is -3.13. The van der Waals surface area contributed by atoms with E-state index in [-0.39, 0.29) is 0 Å². The van der Waals surface area contributed by atoms with Crippen LogP contribution >= 0.6 is 12.2 Å². The van der Waals surface area contributed by atoms with Crippen LogP contribution in [0.5, 0.6) is 0 Å². The van der Waals surface area contributed by atoms with Gasteiger partial charge in [-0.1, -0.05) is 50.1 Å². The van der Waals surface area contributed by atoms with Crippen LogP contribution in [0.1, 0.15) is 51.2 Å². The summed E-state index contributed by atoms with van der Waals surface area (Å²) in [5.41, 5.74) is 1.06. The van der Waals surface area contributed by atoms with Crippen LogP contribution in [0.15, 0.2) is 52.9 Å². The van der Waals surface area contributed by atoms with Crippen LogP contribution in [0.4, 0.5) is 17.6 Å². The van der Waals surface area contributed by atoms with Crippen molar-refractivity contribution < 1.29 is 4.42 Å². The van der Waals surface area contributed by atoms with E-state index in [0.717, 1.165) is 54.9 Å². The third-order valence-electron chi connectivity index (χ3n) is 6.98. The largest absolute Gasteiger partial charge is 0.459 e. The Bertz CT molecular complexity index is 1120. The summed E-state index contributed by atoms with van der Waals surface area (Å²) in [7, 11) is 0. The molecule has 2 N–H and O–H groups in total. The average molecular weight is 505 g/mol. The topological polar surface area (TPSA) is 69.5 Å². The SMILES string of the molecule is C[C@@H]1CCCN(c2cc(N3CCCCCC3)nc(NC(=S)NCc3ccc(-c4ccccc4)o3)n2)C1. The zero-order valence-corrected chi connectivity index (χ0v) is 21.9. The standard InChI is InChI=1S/C28H36N6OS/c1-21-10-9-17-34(20-21)26-18-25(33-15-7-2-3-8-16-33)30-27(31-26)32-28(36)29-19-23-13-14-24(35-23)22-11-5-4-6-12-22/h4-6,11-14,18,21H,2-3,7-10,15-17,19-20H2,1H3,(H2,29,30,31,32,36)/t21-/m1/s1. The van der Waals surface area contributed by atoms with E-state index >= 15 is 0 Å². The second-order valence-electron chi connectivity index (χ2n) is 9.94. The number of nitrogens with zero attached hydrogens (tertiary/aromatic N) is 4. The van der Waals surface area contributed by atoms with Crippen LogP contribution < -0.4 is 20.4 Å². The Balaban J connectivity index is 1.28. The van der Waals surface area contributed by atoms with Gasteiger partial charge in [0.2, 0.25) is 5.95 Å². The highest BCUT2D eigenvalue weighted by atomic mass is 32.1. The van der Waals surface area contributed by atoms with E-state index in [4.69, 9.17) is 26.6 Å². The van der Waals surface area contributed by atoms with E-state index in [1.165, 1.54) is 38.5 Å². The van der Waals surface area contributed by atoms with Crippen molar-refractivity contribution in [2.75, 3.05) is 41.3 Å². The third-order valence-corrected chi connectivity index (χ3v) is 7.23. The van der Waals surface area contributed by atoms with Crippen molar-refractivity contribution in [2.24, 2.45) is 5.92 Å².